The highest BCUT2D eigenvalue weighted by molar-refractivity contribution is 7.80. The fourth-order valence-corrected chi connectivity index (χ4v) is 1.23. The van der Waals surface area contributed by atoms with E-state index in [0.29, 0.717) is 10.5 Å². The zero-order chi connectivity index (χ0) is 10.0. The molecule has 0 radical (unpaired) electrons. The lowest BCUT2D eigenvalue weighted by Gasteiger charge is -2.08. The van der Waals surface area contributed by atoms with Crippen LogP contribution in [0.5, 0.6) is 0 Å². The number of hydrogen-bond acceptors (Lipinski definition) is 3. The van der Waals surface area contributed by atoms with E-state index in [-0.39, 0.29) is 11.4 Å². The number of non-ortho nitro benzene ring substituents is 1. The van der Waals surface area contributed by atoms with Crippen molar-refractivity contribution in [3.05, 3.63) is 39.3 Å². The van der Waals surface area contributed by atoms with Gasteiger partial charge in [-0.3, -0.25) is 10.1 Å². The van der Waals surface area contributed by atoms with Crippen LogP contribution < -0.4 is 0 Å². The summed E-state index contributed by atoms with van der Waals surface area (Å²) in [4.78, 5) is 10.4. The van der Waals surface area contributed by atoms with Crippen molar-refractivity contribution in [3.63, 3.8) is 0 Å². The van der Waals surface area contributed by atoms with E-state index in [1.807, 2.05) is 0 Å². The minimum Gasteiger partial charge on any atom is -0.807 e. The Morgan fingerprint density at radius 1 is 1.62 bits per heavy atom. The van der Waals surface area contributed by atoms with E-state index >= 15 is 0 Å². The van der Waals surface area contributed by atoms with Crippen molar-refractivity contribution in [2.45, 2.75) is 11.8 Å². The smallest absolute Gasteiger partial charge is 0.270 e. The zero-order valence-corrected chi connectivity index (χ0v) is 7.78. The summed E-state index contributed by atoms with van der Waals surface area (Å²) in [6.45, 7) is 1.46. The molecule has 0 aromatic heterocycles. The second-order valence-electron chi connectivity index (χ2n) is 2.54. The second-order valence-corrected chi connectivity index (χ2v) is 3.03. The van der Waals surface area contributed by atoms with Gasteiger partial charge in [-0.25, -0.2) is 0 Å². The molecule has 13 heavy (non-hydrogen) atoms. The molecule has 1 aromatic rings. The number of nitrogens with zero attached hydrogens (tertiary/aromatic N) is 2. The summed E-state index contributed by atoms with van der Waals surface area (Å²) in [5.41, 5.74) is 0.354. The fraction of sp³-hybridized carbons (Fsp3) is 0.125. The summed E-state index contributed by atoms with van der Waals surface area (Å²) in [6.07, 6.45) is 0. The Kier molecular flexibility index (Phi) is 2.67. The lowest BCUT2D eigenvalue weighted by atomic mass is 10.1. The molecular weight excluding hydrogens is 188 g/mol. The van der Waals surface area contributed by atoms with E-state index in [1.54, 1.807) is 0 Å². The van der Waals surface area contributed by atoms with Crippen molar-refractivity contribution in [1.29, 1.82) is 0 Å². The number of nitro groups is 1. The third-order valence-corrected chi connectivity index (χ3v) is 1.97. The summed E-state index contributed by atoms with van der Waals surface area (Å²) in [5.74, 6) is 0. The van der Waals surface area contributed by atoms with Crippen LogP contribution in [-0.4, -0.2) is 10.6 Å². The van der Waals surface area contributed by atoms with Crippen LogP contribution in [0.3, 0.4) is 0 Å². The molecule has 0 unspecified atom stereocenters. The molecule has 0 bridgehead atoms. The van der Waals surface area contributed by atoms with Gasteiger partial charge >= 0.3 is 0 Å². The molecule has 5 heteroatoms. The molecule has 0 aliphatic heterocycles. The lowest BCUT2D eigenvalue weighted by Crippen LogP contribution is -1.96. The number of nitro benzene ring substituents is 1. The molecule has 0 saturated heterocycles. The summed E-state index contributed by atoms with van der Waals surface area (Å²) in [7, 11) is 0. The van der Waals surface area contributed by atoms with Crippen LogP contribution in [0.15, 0.2) is 23.1 Å². The molecule has 0 saturated carbocycles. The lowest BCUT2D eigenvalue weighted by molar-refractivity contribution is -0.384. The Hall–Kier alpha value is -1.36. The molecule has 4 nitrogen and oxygen atoms in total. The molecule has 0 amide bonds. The van der Waals surface area contributed by atoms with E-state index in [1.165, 1.54) is 25.1 Å². The average molecular weight is 195 g/mol. The van der Waals surface area contributed by atoms with Crippen molar-refractivity contribution in [3.8, 4) is 0 Å². The van der Waals surface area contributed by atoms with Gasteiger partial charge in [0.2, 0.25) is 0 Å². The highest BCUT2D eigenvalue weighted by Crippen LogP contribution is 2.20. The normalized spacial score (nSPS) is 9.69. The van der Waals surface area contributed by atoms with E-state index in [4.69, 9.17) is 5.41 Å². The number of rotatable bonds is 2. The SMILES string of the molecule is CC(=[N-])c1cc([N+](=O)[O-])ccc1S. The first-order valence-corrected chi connectivity index (χ1v) is 3.97. The van der Waals surface area contributed by atoms with Gasteiger partial charge in [-0.05, 0) is 11.6 Å². The molecule has 1 rings (SSSR count). The molecule has 0 atom stereocenters. The standard InChI is InChI=1S/C8H7N2O2S/c1-5(9)7-4-6(10(11)12)2-3-8(7)13/h2-4,13H,1H3/q-1. The monoisotopic (exact) mass is 195 g/mol. The van der Waals surface area contributed by atoms with Gasteiger partial charge in [0.05, 0.1) is 4.92 Å². The number of hydrogen-bond donors (Lipinski definition) is 1. The van der Waals surface area contributed by atoms with Crippen LogP contribution >= 0.6 is 12.6 Å². The van der Waals surface area contributed by atoms with Gasteiger partial charge in [0.25, 0.3) is 5.69 Å². The van der Waals surface area contributed by atoms with Gasteiger partial charge in [0, 0.05) is 17.0 Å². The Morgan fingerprint density at radius 2 is 2.23 bits per heavy atom. The molecule has 0 heterocycles. The molecule has 68 valence electrons. The zero-order valence-electron chi connectivity index (χ0n) is 6.89. The highest BCUT2D eigenvalue weighted by atomic mass is 32.1. The van der Waals surface area contributed by atoms with Gasteiger partial charge < -0.3 is 5.41 Å². The average Bonchev–Trinajstić information content (AvgIpc) is 2.04. The van der Waals surface area contributed by atoms with E-state index in [0.717, 1.165) is 0 Å². The minimum atomic E-state index is -0.514. The molecule has 0 N–H and O–H groups in total. The quantitative estimate of drug-likeness (QED) is 0.340. The van der Waals surface area contributed by atoms with Crippen LogP contribution in [0.4, 0.5) is 5.69 Å². The van der Waals surface area contributed by atoms with Crippen LogP contribution in [0.1, 0.15) is 12.5 Å². The largest absolute Gasteiger partial charge is 0.807 e. The molecule has 1 aromatic carbocycles. The van der Waals surface area contributed by atoms with Crippen molar-refractivity contribution >= 4 is 24.0 Å². The predicted molar refractivity (Wildman–Crippen MR) is 53.5 cm³/mol. The molecule has 0 aliphatic rings. The molecule has 0 aliphatic carbocycles. The first kappa shape index (κ1) is 9.73. The number of benzene rings is 1. The summed E-state index contributed by atoms with van der Waals surface area (Å²) in [6, 6.07) is 4.11. The Bertz CT molecular complexity index is 376. The third-order valence-electron chi connectivity index (χ3n) is 1.58. The van der Waals surface area contributed by atoms with Crippen LogP contribution in [0.25, 0.3) is 5.41 Å². The maximum atomic E-state index is 10.4. The maximum Gasteiger partial charge on any atom is 0.270 e. The van der Waals surface area contributed by atoms with Crippen molar-refractivity contribution in [2.24, 2.45) is 0 Å². The van der Waals surface area contributed by atoms with Crippen molar-refractivity contribution in [1.82, 2.24) is 0 Å². The molecule has 0 fully saturated rings. The van der Waals surface area contributed by atoms with Gasteiger partial charge in [-0.1, -0.05) is 6.92 Å². The molecule has 0 spiro atoms. The topological polar surface area (TPSA) is 65.4 Å². The van der Waals surface area contributed by atoms with Gasteiger partial charge in [0.15, 0.2) is 0 Å². The first-order chi connectivity index (χ1) is 6.02. The minimum absolute atomic E-state index is 0.0219. The fourth-order valence-electron chi connectivity index (χ4n) is 0.927. The predicted octanol–water partition coefficient (Wildman–Crippen LogP) is 2.26. The Balaban J connectivity index is 3.27. The van der Waals surface area contributed by atoms with E-state index < -0.39 is 4.92 Å². The summed E-state index contributed by atoms with van der Waals surface area (Å²) < 4.78 is 0. The van der Waals surface area contributed by atoms with Gasteiger partial charge in [-0.2, -0.15) is 5.71 Å². The van der Waals surface area contributed by atoms with Crippen molar-refractivity contribution in [2.75, 3.05) is 0 Å². The Morgan fingerprint density at radius 3 is 2.69 bits per heavy atom. The van der Waals surface area contributed by atoms with E-state index in [2.05, 4.69) is 12.6 Å². The molecular formula is C8H7N2O2S-. The van der Waals surface area contributed by atoms with Crippen LogP contribution in [-0.2, 0) is 0 Å². The summed E-state index contributed by atoms with van der Waals surface area (Å²) >= 11 is 4.05. The van der Waals surface area contributed by atoms with Crippen LogP contribution in [0, 0.1) is 10.1 Å². The highest BCUT2D eigenvalue weighted by Gasteiger charge is 2.07. The van der Waals surface area contributed by atoms with Gasteiger partial charge in [0.1, 0.15) is 0 Å². The Labute approximate surface area is 80.7 Å². The summed E-state index contributed by atoms with van der Waals surface area (Å²) in [5, 5.41) is 19.5. The third kappa shape index (κ3) is 2.06. The van der Waals surface area contributed by atoms with Crippen molar-refractivity contribution < 1.29 is 4.92 Å². The van der Waals surface area contributed by atoms with Crippen LogP contribution in [0.2, 0.25) is 0 Å². The van der Waals surface area contributed by atoms with Gasteiger partial charge in [-0.15, -0.1) is 12.6 Å². The maximum absolute atomic E-state index is 10.4. The first-order valence-electron chi connectivity index (χ1n) is 3.52. The number of thiol groups is 1. The van der Waals surface area contributed by atoms with E-state index in [9.17, 15) is 10.1 Å². The second kappa shape index (κ2) is 3.57.